The Balaban J connectivity index is 1.80. The number of nitrogens with zero attached hydrogens (tertiary/aromatic N) is 3. The summed E-state index contributed by atoms with van der Waals surface area (Å²) in [5, 5.41) is 4.28. The van der Waals surface area contributed by atoms with Crippen LogP contribution in [0.3, 0.4) is 0 Å². The molecule has 0 saturated carbocycles. The van der Waals surface area contributed by atoms with E-state index in [0.29, 0.717) is 6.04 Å². The Morgan fingerprint density at radius 1 is 0.708 bits per heavy atom. The Bertz CT molecular complexity index is 348. The molecule has 1 atom stereocenters. The van der Waals surface area contributed by atoms with Crippen molar-refractivity contribution >= 4 is 0 Å². The highest BCUT2D eigenvalue weighted by atomic mass is 15.3. The lowest BCUT2D eigenvalue weighted by atomic mass is 10.0. The molecule has 24 heavy (non-hydrogen) atoms. The van der Waals surface area contributed by atoms with Gasteiger partial charge in [0.15, 0.2) is 0 Å². The third-order valence-electron chi connectivity index (χ3n) is 5.17. The summed E-state index contributed by atoms with van der Waals surface area (Å²) < 4.78 is 2.03. The largest absolute Gasteiger partial charge is 0.250 e. The van der Waals surface area contributed by atoms with Gasteiger partial charge in [0, 0.05) is 0 Å². The van der Waals surface area contributed by atoms with Gasteiger partial charge in [-0.05, 0) is 12.8 Å². The Morgan fingerprint density at radius 3 is 1.62 bits per heavy atom. The van der Waals surface area contributed by atoms with Crippen LogP contribution in [-0.2, 0) is 0 Å². The van der Waals surface area contributed by atoms with Gasteiger partial charge in [0.2, 0.25) is 0 Å². The van der Waals surface area contributed by atoms with Crippen molar-refractivity contribution in [2.75, 3.05) is 0 Å². The molecule has 1 aromatic heterocycles. The van der Waals surface area contributed by atoms with Crippen LogP contribution in [0.1, 0.15) is 123 Å². The molecule has 0 aliphatic rings. The lowest BCUT2D eigenvalue weighted by Gasteiger charge is -2.14. The number of hydrogen-bond donors (Lipinski definition) is 0. The SMILES string of the molecule is CCCCCCCCCCCCCCCCC(CC)n1cncn1. The molecule has 0 bridgehead atoms. The molecule has 0 aliphatic heterocycles. The molecule has 1 unspecified atom stereocenters. The summed E-state index contributed by atoms with van der Waals surface area (Å²) >= 11 is 0. The molecule has 0 fully saturated rings. The van der Waals surface area contributed by atoms with Gasteiger partial charge in [-0.1, -0.05) is 104 Å². The molecule has 0 N–H and O–H groups in total. The summed E-state index contributed by atoms with van der Waals surface area (Å²) in [5.74, 6) is 0. The Kier molecular flexibility index (Phi) is 13.8. The van der Waals surface area contributed by atoms with E-state index in [1.807, 2.05) is 11.0 Å². The Labute approximate surface area is 150 Å². The topological polar surface area (TPSA) is 30.7 Å². The normalized spacial score (nSPS) is 12.6. The van der Waals surface area contributed by atoms with Gasteiger partial charge < -0.3 is 0 Å². The third-order valence-corrected chi connectivity index (χ3v) is 5.17. The minimum Gasteiger partial charge on any atom is -0.250 e. The summed E-state index contributed by atoms with van der Waals surface area (Å²) in [4.78, 5) is 4.06. The molecule has 0 amide bonds. The number of unbranched alkanes of at least 4 members (excludes halogenated alkanes) is 13. The molecule has 1 rings (SSSR count). The summed E-state index contributed by atoms with van der Waals surface area (Å²) in [7, 11) is 0. The molecule has 3 heteroatoms. The van der Waals surface area contributed by atoms with Crippen LogP contribution in [-0.4, -0.2) is 14.8 Å². The van der Waals surface area contributed by atoms with E-state index in [4.69, 9.17) is 0 Å². The standard InChI is InChI=1S/C21H41N3/c1-3-5-6-7-8-9-10-11-12-13-14-15-16-17-18-21(4-2)24-20-22-19-23-24/h19-21H,3-18H2,1-2H3. The number of rotatable bonds is 17. The van der Waals surface area contributed by atoms with Crippen LogP contribution in [0.25, 0.3) is 0 Å². The summed E-state index contributed by atoms with van der Waals surface area (Å²) in [6, 6.07) is 0.546. The number of aromatic nitrogens is 3. The van der Waals surface area contributed by atoms with Gasteiger partial charge in [-0.2, -0.15) is 5.10 Å². The van der Waals surface area contributed by atoms with Crippen LogP contribution in [0.15, 0.2) is 12.7 Å². The smallest absolute Gasteiger partial charge is 0.137 e. The van der Waals surface area contributed by atoms with E-state index >= 15 is 0 Å². The highest BCUT2D eigenvalue weighted by Crippen LogP contribution is 2.19. The second kappa shape index (κ2) is 15.7. The van der Waals surface area contributed by atoms with Crippen molar-refractivity contribution < 1.29 is 0 Å². The van der Waals surface area contributed by atoms with Crippen molar-refractivity contribution in [1.82, 2.24) is 14.8 Å². The summed E-state index contributed by atoms with van der Waals surface area (Å²) in [6.07, 6.45) is 25.9. The fourth-order valence-corrected chi connectivity index (χ4v) is 3.50. The zero-order valence-electron chi connectivity index (χ0n) is 16.4. The molecule has 1 aromatic rings. The molecule has 0 spiro atoms. The quantitative estimate of drug-likeness (QED) is 0.284. The second-order valence-corrected chi connectivity index (χ2v) is 7.32. The molecular formula is C21H41N3. The van der Waals surface area contributed by atoms with Crippen molar-refractivity contribution in [1.29, 1.82) is 0 Å². The van der Waals surface area contributed by atoms with E-state index in [1.54, 1.807) is 6.33 Å². The monoisotopic (exact) mass is 335 g/mol. The summed E-state index contributed by atoms with van der Waals surface area (Å²) in [5.41, 5.74) is 0. The van der Waals surface area contributed by atoms with Gasteiger partial charge in [-0.15, -0.1) is 0 Å². The fraction of sp³-hybridized carbons (Fsp3) is 0.905. The van der Waals surface area contributed by atoms with Crippen LogP contribution < -0.4 is 0 Å². The minimum atomic E-state index is 0.546. The first-order valence-electron chi connectivity index (χ1n) is 10.7. The van der Waals surface area contributed by atoms with E-state index in [9.17, 15) is 0 Å². The molecule has 0 aliphatic carbocycles. The summed E-state index contributed by atoms with van der Waals surface area (Å²) in [6.45, 7) is 4.54. The fourth-order valence-electron chi connectivity index (χ4n) is 3.50. The van der Waals surface area contributed by atoms with Gasteiger partial charge in [0.25, 0.3) is 0 Å². The minimum absolute atomic E-state index is 0.546. The van der Waals surface area contributed by atoms with E-state index in [2.05, 4.69) is 23.9 Å². The molecular weight excluding hydrogens is 294 g/mol. The maximum absolute atomic E-state index is 4.28. The molecule has 0 saturated heterocycles. The zero-order chi connectivity index (χ0) is 17.3. The average Bonchev–Trinajstić information content (AvgIpc) is 3.13. The molecule has 3 nitrogen and oxygen atoms in total. The van der Waals surface area contributed by atoms with Crippen LogP contribution in [0.4, 0.5) is 0 Å². The predicted octanol–water partition coefficient (Wildman–Crippen LogP) is 7.10. The van der Waals surface area contributed by atoms with Gasteiger partial charge in [-0.3, -0.25) is 0 Å². The molecule has 140 valence electrons. The van der Waals surface area contributed by atoms with Gasteiger partial charge in [0.05, 0.1) is 6.04 Å². The van der Waals surface area contributed by atoms with Crippen molar-refractivity contribution in [3.8, 4) is 0 Å². The van der Waals surface area contributed by atoms with E-state index in [-0.39, 0.29) is 0 Å². The third kappa shape index (κ3) is 10.8. The van der Waals surface area contributed by atoms with Crippen LogP contribution in [0.2, 0.25) is 0 Å². The van der Waals surface area contributed by atoms with Crippen molar-refractivity contribution in [2.24, 2.45) is 0 Å². The van der Waals surface area contributed by atoms with Crippen molar-refractivity contribution in [3.63, 3.8) is 0 Å². The van der Waals surface area contributed by atoms with Crippen molar-refractivity contribution in [2.45, 2.75) is 123 Å². The molecule has 1 heterocycles. The van der Waals surface area contributed by atoms with Gasteiger partial charge in [0.1, 0.15) is 12.7 Å². The van der Waals surface area contributed by atoms with E-state index in [0.717, 1.165) is 6.42 Å². The van der Waals surface area contributed by atoms with Gasteiger partial charge >= 0.3 is 0 Å². The zero-order valence-corrected chi connectivity index (χ0v) is 16.4. The first-order valence-corrected chi connectivity index (χ1v) is 10.7. The highest BCUT2D eigenvalue weighted by molar-refractivity contribution is 4.67. The Morgan fingerprint density at radius 2 is 1.21 bits per heavy atom. The van der Waals surface area contributed by atoms with Crippen molar-refractivity contribution in [3.05, 3.63) is 12.7 Å². The number of hydrogen-bond acceptors (Lipinski definition) is 2. The Hall–Kier alpha value is -0.860. The second-order valence-electron chi connectivity index (χ2n) is 7.32. The van der Waals surface area contributed by atoms with E-state index < -0.39 is 0 Å². The molecule has 0 radical (unpaired) electrons. The first-order chi connectivity index (χ1) is 11.9. The first kappa shape index (κ1) is 21.2. The van der Waals surface area contributed by atoms with Crippen LogP contribution in [0, 0.1) is 0 Å². The van der Waals surface area contributed by atoms with E-state index in [1.165, 1.54) is 96.3 Å². The van der Waals surface area contributed by atoms with Crippen LogP contribution >= 0.6 is 0 Å². The lowest BCUT2D eigenvalue weighted by molar-refractivity contribution is 0.392. The maximum atomic E-state index is 4.28. The lowest BCUT2D eigenvalue weighted by Crippen LogP contribution is -2.08. The van der Waals surface area contributed by atoms with Gasteiger partial charge in [-0.25, -0.2) is 9.67 Å². The molecule has 0 aromatic carbocycles. The predicted molar refractivity (Wildman–Crippen MR) is 104 cm³/mol. The maximum Gasteiger partial charge on any atom is 0.137 e. The van der Waals surface area contributed by atoms with Crippen LogP contribution in [0.5, 0.6) is 0 Å². The highest BCUT2D eigenvalue weighted by Gasteiger charge is 2.08. The average molecular weight is 336 g/mol.